The van der Waals surface area contributed by atoms with Crippen molar-refractivity contribution in [2.75, 3.05) is 20.1 Å². The lowest BCUT2D eigenvalue weighted by atomic mass is 9.99. The van der Waals surface area contributed by atoms with E-state index >= 15 is 0 Å². The molecule has 114 valence electrons. The Morgan fingerprint density at radius 2 is 2.38 bits per heavy atom. The standard InChI is InChI=1S/C14H21N5OS/c1-15-6-5-12-4-2-3-7-18(12)9-11-8-13(20)19-14(17-11)21-10-16-19/h8,10,12,15H,2-7,9H2,1H3. The fourth-order valence-electron chi connectivity index (χ4n) is 3.00. The number of aromatic nitrogens is 3. The highest BCUT2D eigenvalue weighted by molar-refractivity contribution is 7.14. The van der Waals surface area contributed by atoms with E-state index in [1.807, 2.05) is 7.05 Å². The van der Waals surface area contributed by atoms with Gasteiger partial charge in [0, 0.05) is 18.7 Å². The average Bonchev–Trinajstić information content (AvgIpc) is 2.95. The number of rotatable bonds is 5. The predicted molar refractivity (Wildman–Crippen MR) is 83.7 cm³/mol. The van der Waals surface area contributed by atoms with Gasteiger partial charge in [0.2, 0.25) is 4.96 Å². The Morgan fingerprint density at radius 1 is 1.48 bits per heavy atom. The third kappa shape index (κ3) is 3.30. The minimum absolute atomic E-state index is 0.0833. The largest absolute Gasteiger partial charge is 0.320 e. The number of fused-ring (bicyclic) bond motifs is 1. The molecule has 0 aliphatic carbocycles. The number of piperidine rings is 1. The highest BCUT2D eigenvalue weighted by atomic mass is 32.1. The molecule has 6 nitrogen and oxygen atoms in total. The molecule has 2 aromatic rings. The van der Waals surface area contributed by atoms with E-state index in [4.69, 9.17) is 0 Å². The first-order valence-electron chi connectivity index (χ1n) is 7.49. The molecule has 1 atom stereocenters. The zero-order valence-electron chi connectivity index (χ0n) is 12.3. The van der Waals surface area contributed by atoms with Crippen LogP contribution >= 0.6 is 11.3 Å². The minimum atomic E-state index is -0.0833. The van der Waals surface area contributed by atoms with E-state index < -0.39 is 0 Å². The van der Waals surface area contributed by atoms with E-state index in [2.05, 4.69) is 20.3 Å². The van der Waals surface area contributed by atoms with E-state index in [1.165, 1.54) is 35.1 Å². The molecule has 21 heavy (non-hydrogen) atoms. The van der Waals surface area contributed by atoms with Crippen LogP contribution in [0, 0.1) is 0 Å². The van der Waals surface area contributed by atoms with Crippen LogP contribution in [-0.4, -0.2) is 45.7 Å². The fraction of sp³-hybridized carbons (Fsp3) is 0.643. The van der Waals surface area contributed by atoms with Crippen molar-refractivity contribution in [2.45, 2.75) is 38.3 Å². The molecular formula is C14H21N5OS. The predicted octanol–water partition coefficient (Wildman–Crippen LogP) is 1.11. The number of hydrogen-bond acceptors (Lipinski definition) is 6. The maximum Gasteiger partial charge on any atom is 0.275 e. The van der Waals surface area contributed by atoms with Crippen molar-refractivity contribution in [3.63, 3.8) is 0 Å². The van der Waals surface area contributed by atoms with E-state index in [-0.39, 0.29) is 5.56 Å². The van der Waals surface area contributed by atoms with Crippen LogP contribution in [0.3, 0.4) is 0 Å². The van der Waals surface area contributed by atoms with Gasteiger partial charge >= 0.3 is 0 Å². The number of likely N-dealkylation sites (tertiary alicyclic amines) is 1. The van der Waals surface area contributed by atoms with Crippen molar-refractivity contribution in [3.8, 4) is 0 Å². The van der Waals surface area contributed by atoms with Crippen LogP contribution in [-0.2, 0) is 6.54 Å². The van der Waals surface area contributed by atoms with Gasteiger partial charge < -0.3 is 5.32 Å². The van der Waals surface area contributed by atoms with E-state index in [0.29, 0.717) is 11.0 Å². The lowest BCUT2D eigenvalue weighted by molar-refractivity contribution is 0.131. The highest BCUT2D eigenvalue weighted by Gasteiger charge is 2.22. The monoisotopic (exact) mass is 307 g/mol. The van der Waals surface area contributed by atoms with Crippen LogP contribution in [0.4, 0.5) is 0 Å². The zero-order valence-corrected chi connectivity index (χ0v) is 13.1. The molecule has 3 heterocycles. The van der Waals surface area contributed by atoms with Gasteiger partial charge in [-0.15, -0.1) is 0 Å². The molecule has 1 aliphatic heterocycles. The third-order valence-corrected chi connectivity index (χ3v) is 4.76. The Balaban J connectivity index is 1.77. The summed E-state index contributed by atoms with van der Waals surface area (Å²) in [7, 11) is 1.99. The minimum Gasteiger partial charge on any atom is -0.320 e. The Bertz CT molecular complexity index is 652. The molecule has 1 aliphatic rings. The molecule has 0 spiro atoms. The molecule has 0 bridgehead atoms. The quantitative estimate of drug-likeness (QED) is 0.897. The van der Waals surface area contributed by atoms with Crippen LogP contribution in [0.2, 0.25) is 0 Å². The molecule has 1 saturated heterocycles. The van der Waals surface area contributed by atoms with Crippen LogP contribution in [0.25, 0.3) is 4.96 Å². The van der Waals surface area contributed by atoms with Crippen molar-refractivity contribution < 1.29 is 0 Å². The number of nitrogens with zero attached hydrogens (tertiary/aromatic N) is 4. The zero-order chi connectivity index (χ0) is 14.7. The molecule has 0 aromatic carbocycles. The maximum absolute atomic E-state index is 12.0. The van der Waals surface area contributed by atoms with Crippen LogP contribution in [0.15, 0.2) is 16.4 Å². The summed E-state index contributed by atoms with van der Waals surface area (Å²) in [6.45, 7) is 2.89. The molecule has 7 heteroatoms. The molecule has 2 aromatic heterocycles. The van der Waals surface area contributed by atoms with Gasteiger partial charge in [0.25, 0.3) is 5.56 Å². The van der Waals surface area contributed by atoms with Gasteiger partial charge in [0.1, 0.15) is 5.51 Å². The average molecular weight is 307 g/mol. The van der Waals surface area contributed by atoms with Crippen molar-refractivity contribution in [1.29, 1.82) is 0 Å². The lowest BCUT2D eigenvalue weighted by Crippen LogP contribution is -2.40. The molecular weight excluding hydrogens is 286 g/mol. The Kier molecular flexibility index (Phi) is 4.62. The Hall–Kier alpha value is -1.31. The van der Waals surface area contributed by atoms with Gasteiger partial charge in [0.15, 0.2) is 0 Å². The maximum atomic E-state index is 12.0. The van der Waals surface area contributed by atoms with E-state index in [1.54, 1.807) is 11.6 Å². The summed E-state index contributed by atoms with van der Waals surface area (Å²) in [4.78, 5) is 19.7. The highest BCUT2D eigenvalue weighted by Crippen LogP contribution is 2.21. The molecule has 1 fully saturated rings. The molecule has 3 rings (SSSR count). The topological polar surface area (TPSA) is 62.5 Å². The second-order valence-electron chi connectivity index (χ2n) is 5.53. The second-order valence-corrected chi connectivity index (χ2v) is 6.34. The van der Waals surface area contributed by atoms with Gasteiger partial charge in [-0.2, -0.15) is 9.61 Å². The van der Waals surface area contributed by atoms with Crippen molar-refractivity contribution in [2.24, 2.45) is 0 Å². The molecule has 0 saturated carbocycles. The molecule has 1 unspecified atom stereocenters. The summed E-state index contributed by atoms with van der Waals surface area (Å²) in [5, 5.41) is 7.23. The summed E-state index contributed by atoms with van der Waals surface area (Å²) in [5.74, 6) is 0. The summed E-state index contributed by atoms with van der Waals surface area (Å²) in [6, 6.07) is 2.21. The van der Waals surface area contributed by atoms with Gasteiger partial charge in [-0.05, 0) is 39.4 Å². The van der Waals surface area contributed by atoms with Gasteiger partial charge in [-0.3, -0.25) is 9.69 Å². The summed E-state index contributed by atoms with van der Waals surface area (Å²) in [5.41, 5.74) is 2.44. The first-order valence-corrected chi connectivity index (χ1v) is 8.37. The van der Waals surface area contributed by atoms with Crippen LogP contribution < -0.4 is 10.9 Å². The summed E-state index contributed by atoms with van der Waals surface area (Å²) >= 11 is 1.40. The normalized spacial score (nSPS) is 20.1. The van der Waals surface area contributed by atoms with Crippen molar-refractivity contribution in [3.05, 3.63) is 27.6 Å². The van der Waals surface area contributed by atoms with Crippen LogP contribution in [0.5, 0.6) is 0 Å². The lowest BCUT2D eigenvalue weighted by Gasteiger charge is -2.35. The van der Waals surface area contributed by atoms with Gasteiger partial charge in [0.05, 0.1) is 5.69 Å². The van der Waals surface area contributed by atoms with Gasteiger partial charge in [-0.25, -0.2) is 4.98 Å². The Morgan fingerprint density at radius 3 is 3.24 bits per heavy atom. The number of nitrogens with one attached hydrogen (secondary N) is 1. The van der Waals surface area contributed by atoms with Crippen LogP contribution in [0.1, 0.15) is 31.4 Å². The molecule has 0 radical (unpaired) electrons. The van der Waals surface area contributed by atoms with Crippen molar-refractivity contribution in [1.82, 2.24) is 24.8 Å². The Labute approximate surface area is 127 Å². The van der Waals surface area contributed by atoms with E-state index in [9.17, 15) is 4.79 Å². The first kappa shape index (κ1) is 14.6. The smallest absolute Gasteiger partial charge is 0.275 e. The molecule has 1 N–H and O–H groups in total. The number of hydrogen-bond donors (Lipinski definition) is 1. The summed E-state index contributed by atoms with van der Waals surface area (Å²) < 4.78 is 1.36. The second kappa shape index (κ2) is 6.64. The SMILES string of the molecule is CNCCC1CCCCN1Cc1cc(=O)n2ncsc2n1. The fourth-order valence-corrected chi connectivity index (χ4v) is 3.64. The van der Waals surface area contributed by atoms with Gasteiger partial charge in [-0.1, -0.05) is 17.8 Å². The van der Waals surface area contributed by atoms with Crippen molar-refractivity contribution >= 4 is 16.3 Å². The summed E-state index contributed by atoms with van der Waals surface area (Å²) in [6.07, 6.45) is 4.93. The third-order valence-electron chi connectivity index (χ3n) is 4.08. The molecule has 0 amide bonds. The van der Waals surface area contributed by atoms with E-state index in [0.717, 1.165) is 31.7 Å². The first-order chi connectivity index (χ1) is 10.3.